The van der Waals surface area contributed by atoms with Crippen molar-refractivity contribution in [1.29, 1.82) is 0 Å². The lowest BCUT2D eigenvalue weighted by Gasteiger charge is -2.44. The third kappa shape index (κ3) is 2.45. The Morgan fingerprint density at radius 1 is 0.786 bits per heavy atom. The zero-order valence-electron chi connectivity index (χ0n) is 9.64. The maximum Gasteiger partial charge on any atom is 0.194 e. The first kappa shape index (κ1) is 13.8. The van der Waals surface area contributed by atoms with E-state index in [1.165, 1.54) is 0 Å². The van der Waals surface area contributed by atoms with E-state index < -0.39 is 18.7 Å². The molecular weight excluding hydrogens is 182 g/mol. The summed E-state index contributed by atoms with van der Waals surface area (Å²) in [5.41, 5.74) is 0. The largest absolute Gasteiger partial charge is 0.345 e. The van der Waals surface area contributed by atoms with Crippen molar-refractivity contribution in [2.45, 2.75) is 58.7 Å². The molecule has 0 aliphatic heterocycles. The molecule has 86 valence electrons. The molecule has 0 aliphatic rings. The van der Waals surface area contributed by atoms with E-state index in [1.54, 1.807) is 7.05 Å². The molecule has 4 nitrogen and oxygen atoms in total. The van der Waals surface area contributed by atoms with Crippen LogP contribution in [0.2, 0.25) is 0 Å². The van der Waals surface area contributed by atoms with Gasteiger partial charge in [0.05, 0.1) is 7.05 Å². The number of aliphatic hydroxyl groups is 3. The van der Waals surface area contributed by atoms with Crippen molar-refractivity contribution in [3.8, 4) is 0 Å². The quantitative estimate of drug-likeness (QED) is 0.441. The van der Waals surface area contributed by atoms with Crippen molar-refractivity contribution in [3.63, 3.8) is 0 Å². The van der Waals surface area contributed by atoms with Crippen LogP contribution in [0.3, 0.4) is 0 Å². The molecule has 0 amide bonds. The summed E-state index contributed by atoms with van der Waals surface area (Å²) < 4.78 is -0.0937. The molecule has 0 saturated carbocycles. The molecule has 0 spiro atoms. The van der Waals surface area contributed by atoms with Gasteiger partial charge < -0.3 is 15.3 Å². The van der Waals surface area contributed by atoms with Gasteiger partial charge in [-0.05, 0) is 0 Å². The Labute approximate surface area is 86.4 Å². The van der Waals surface area contributed by atoms with Gasteiger partial charge in [-0.3, -0.25) is 4.48 Å². The summed E-state index contributed by atoms with van der Waals surface area (Å²) in [5.74, 6) is 0. The van der Waals surface area contributed by atoms with Crippen LogP contribution >= 0.6 is 0 Å². The first-order valence-electron chi connectivity index (χ1n) is 5.34. The van der Waals surface area contributed by atoms with Crippen LogP contribution in [0, 0.1) is 0 Å². The van der Waals surface area contributed by atoms with Crippen LogP contribution in [0.1, 0.15) is 40.0 Å². The summed E-state index contributed by atoms with van der Waals surface area (Å²) in [6, 6.07) is 0. The van der Waals surface area contributed by atoms with Crippen molar-refractivity contribution in [3.05, 3.63) is 0 Å². The summed E-state index contributed by atoms with van der Waals surface area (Å²) in [4.78, 5) is 0. The molecule has 0 fully saturated rings. The maximum absolute atomic E-state index is 9.83. The summed E-state index contributed by atoms with van der Waals surface area (Å²) in [7, 11) is 1.69. The van der Waals surface area contributed by atoms with Gasteiger partial charge in [0.1, 0.15) is 0 Å². The molecule has 0 aromatic carbocycles. The SMILES string of the molecule is CCC(O)[N+](C)(C(O)CC)C(O)CC. The fourth-order valence-corrected chi connectivity index (χ4v) is 1.78. The van der Waals surface area contributed by atoms with Gasteiger partial charge in [0.15, 0.2) is 18.7 Å². The average molecular weight is 206 g/mol. The molecule has 0 aliphatic carbocycles. The first-order chi connectivity index (χ1) is 6.44. The summed E-state index contributed by atoms with van der Waals surface area (Å²) >= 11 is 0. The minimum atomic E-state index is -0.722. The summed E-state index contributed by atoms with van der Waals surface area (Å²) in [6.45, 7) is 5.52. The molecular formula is C10H24NO3+. The van der Waals surface area contributed by atoms with Crippen molar-refractivity contribution in [1.82, 2.24) is 0 Å². The molecule has 0 aromatic rings. The lowest BCUT2D eigenvalue weighted by Crippen LogP contribution is -2.63. The Morgan fingerprint density at radius 2 is 1.00 bits per heavy atom. The number of hydrogen-bond donors (Lipinski definition) is 3. The van der Waals surface area contributed by atoms with Crippen LogP contribution in [-0.2, 0) is 0 Å². The Bertz CT molecular complexity index is 137. The second-order valence-electron chi connectivity index (χ2n) is 3.89. The van der Waals surface area contributed by atoms with Crippen LogP contribution in [-0.4, -0.2) is 45.5 Å². The van der Waals surface area contributed by atoms with Gasteiger partial charge in [0.25, 0.3) is 0 Å². The summed E-state index contributed by atoms with van der Waals surface area (Å²) in [5, 5.41) is 29.5. The predicted molar refractivity (Wildman–Crippen MR) is 55.1 cm³/mol. The number of rotatable bonds is 6. The van der Waals surface area contributed by atoms with Crippen molar-refractivity contribution in [2.75, 3.05) is 7.05 Å². The van der Waals surface area contributed by atoms with Crippen molar-refractivity contribution < 1.29 is 19.8 Å². The number of aliphatic hydroxyl groups excluding tert-OH is 3. The van der Waals surface area contributed by atoms with Gasteiger partial charge in [-0.1, -0.05) is 20.8 Å². The minimum Gasteiger partial charge on any atom is -0.345 e. The number of nitrogens with zero attached hydrogens (tertiary/aromatic N) is 1. The van der Waals surface area contributed by atoms with E-state index in [2.05, 4.69) is 0 Å². The third-order valence-corrected chi connectivity index (χ3v) is 3.02. The zero-order chi connectivity index (χ0) is 11.4. The van der Waals surface area contributed by atoms with Crippen LogP contribution in [0.15, 0.2) is 0 Å². The fraction of sp³-hybridized carbons (Fsp3) is 1.00. The van der Waals surface area contributed by atoms with E-state index in [0.717, 1.165) is 0 Å². The highest BCUT2D eigenvalue weighted by atomic mass is 16.4. The molecule has 3 atom stereocenters. The molecule has 4 heteroatoms. The Hall–Kier alpha value is -0.160. The standard InChI is InChI=1S/C10H24NO3/c1-5-8(12)11(4,9(13)6-2)10(14)7-3/h8-10,12-14H,5-7H2,1-4H3/q+1. The monoisotopic (exact) mass is 206 g/mol. The molecule has 0 bridgehead atoms. The molecule has 0 rings (SSSR count). The molecule has 0 saturated heterocycles. The topological polar surface area (TPSA) is 60.7 Å². The normalized spacial score (nSPS) is 22.5. The lowest BCUT2D eigenvalue weighted by molar-refractivity contribution is -1.03. The molecule has 3 N–H and O–H groups in total. The second kappa shape index (κ2) is 5.66. The van der Waals surface area contributed by atoms with E-state index in [1.807, 2.05) is 20.8 Å². The molecule has 3 unspecified atom stereocenters. The summed E-state index contributed by atoms with van der Waals surface area (Å²) in [6.07, 6.45) is -0.612. The van der Waals surface area contributed by atoms with Gasteiger partial charge in [-0.2, -0.15) is 0 Å². The van der Waals surface area contributed by atoms with Gasteiger partial charge in [-0.25, -0.2) is 0 Å². The Balaban J connectivity index is 4.83. The minimum absolute atomic E-state index is 0.0937. The van der Waals surface area contributed by atoms with E-state index in [-0.39, 0.29) is 4.48 Å². The van der Waals surface area contributed by atoms with Crippen LogP contribution in [0.5, 0.6) is 0 Å². The first-order valence-corrected chi connectivity index (χ1v) is 5.34. The Kier molecular flexibility index (Phi) is 5.59. The van der Waals surface area contributed by atoms with E-state index >= 15 is 0 Å². The Morgan fingerprint density at radius 3 is 1.14 bits per heavy atom. The van der Waals surface area contributed by atoms with Gasteiger partial charge in [0, 0.05) is 19.3 Å². The van der Waals surface area contributed by atoms with Gasteiger partial charge >= 0.3 is 0 Å². The zero-order valence-corrected chi connectivity index (χ0v) is 9.64. The van der Waals surface area contributed by atoms with Crippen molar-refractivity contribution >= 4 is 0 Å². The van der Waals surface area contributed by atoms with Gasteiger partial charge in [-0.15, -0.1) is 0 Å². The van der Waals surface area contributed by atoms with Crippen LogP contribution in [0.4, 0.5) is 0 Å². The predicted octanol–water partition coefficient (Wildman–Crippen LogP) is 0.618. The van der Waals surface area contributed by atoms with Gasteiger partial charge in [0.2, 0.25) is 0 Å². The second-order valence-corrected chi connectivity index (χ2v) is 3.89. The number of quaternary nitrogens is 1. The fourth-order valence-electron chi connectivity index (χ4n) is 1.78. The maximum atomic E-state index is 9.83. The molecule has 14 heavy (non-hydrogen) atoms. The highest BCUT2D eigenvalue weighted by molar-refractivity contribution is 4.50. The molecule has 0 radical (unpaired) electrons. The highest BCUT2D eigenvalue weighted by Crippen LogP contribution is 2.23. The lowest BCUT2D eigenvalue weighted by atomic mass is 10.2. The van der Waals surface area contributed by atoms with Crippen LogP contribution < -0.4 is 0 Å². The highest BCUT2D eigenvalue weighted by Gasteiger charge is 2.41. The number of hydrogen-bond acceptors (Lipinski definition) is 3. The molecule has 0 heterocycles. The van der Waals surface area contributed by atoms with Crippen molar-refractivity contribution in [2.24, 2.45) is 0 Å². The van der Waals surface area contributed by atoms with E-state index in [0.29, 0.717) is 19.3 Å². The third-order valence-electron chi connectivity index (χ3n) is 3.02. The smallest absolute Gasteiger partial charge is 0.194 e. The molecule has 0 aromatic heterocycles. The van der Waals surface area contributed by atoms with Crippen LogP contribution in [0.25, 0.3) is 0 Å². The van der Waals surface area contributed by atoms with E-state index in [9.17, 15) is 15.3 Å². The van der Waals surface area contributed by atoms with E-state index in [4.69, 9.17) is 0 Å². The average Bonchev–Trinajstić information content (AvgIpc) is 2.24.